The van der Waals surface area contributed by atoms with E-state index in [1.807, 2.05) is 47.8 Å². The van der Waals surface area contributed by atoms with Crippen molar-refractivity contribution < 1.29 is 14.3 Å². The smallest absolute Gasteiger partial charge is 0.275 e. The molecule has 0 radical (unpaired) electrons. The first-order valence-electron chi connectivity index (χ1n) is 9.37. The Morgan fingerprint density at radius 3 is 2.47 bits per heavy atom. The van der Waals surface area contributed by atoms with Gasteiger partial charge in [0.15, 0.2) is 11.6 Å². The van der Waals surface area contributed by atoms with E-state index in [0.29, 0.717) is 17.2 Å². The third kappa shape index (κ3) is 3.86. The molecule has 4 aromatic rings. The van der Waals surface area contributed by atoms with Crippen LogP contribution < -0.4 is 10.2 Å². The van der Waals surface area contributed by atoms with Gasteiger partial charge in [0.2, 0.25) is 0 Å². The molecular weight excluding hydrogens is 468 g/mol. The second-order valence-electron chi connectivity index (χ2n) is 6.85. The van der Waals surface area contributed by atoms with Crippen molar-refractivity contribution in [2.45, 2.75) is 6.92 Å². The summed E-state index contributed by atoms with van der Waals surface area (Å²) in [6.45, 7) is 1.61. The molecule has 0 spiro atoms. The van der Waals surface area contributed by atoms with Crippen LogP contribution in [0.5, 0.6) is 5.75 Å². The van der Waals surface area contributed by atoms with E-state index < -0.39 is 5.91 Å². The predicted molar refractivity (Wildman–Crippen MR) is 129 cm³/mol. The number of hydrazine groups is 1. The first-order valence-corrected chi connectivity index (χ1v) is 11.1. The lowest BCUT2D eigenvalue weighted by atomic mass is 10.1. The van der Waals surface area contributed by atoms with Gasteiger partial charge in [0.1, 0.15) is 10.6 Å². The Bertz CT molecular complexity index is 1350. The third-order valence-electron chi connectivity index (χ3n) is 4.83. The maximum Gasteiger partial charge on any atom is 0.275 e. The maximum atomic E-state index is 12.4. The fourth-order valence-electron chi connectivity index (χ4n) is 3.22. The zero-order chi connectivity index (χ0) is 21.5. The molecule has 1 aliphatic rings. The highest BCUT2D eigenvalue weighted by atomic mass is 35.5. The zero-order valence-electron chi connectivity index (χ0n) is 17.0. The highest BCUT2D eigenvalue weighted by Gasteiger charge is 2.30. The average molecular weight is 485 g/mol. The summed E-state index contributed by atoms with van der Waals surface area (Å²) in [5, 5.41) is 3.68. The van der Waals surface area contributed by atoms with Crippen molar-refractivity contribution in [2.75, 3.05) is 12.5 Å². The summed E-state index contributed by atoms with van der Waals surface area (Å²) in [5.74, 6) is 0.921. The number of nitrogens with one attached hydrogen (secondary N) is 1. The van der Waals surface area contributed by atoms with Crippen molar-refractivity contribution in [3.63, 3.8) is 0 Å². The summed E-state index contributed by atoms with van der Waals surface area (Å²) >= 11 is 3.05. The number of anilines is 1. The van der Waals surface area contributed by atoms with Crippen LogP contribution in [0.25, 0.3) is 31.4 Å². The molecule has 32 heavy (non-hydrogen) atoms. The SMILES string of the molecule is COc1ccc(-c2cc3c(NN4C(=O)C=C(C)C4=O)nc(-c4cccs4)nc3s2)cc1.Cl. The molecule has 10 heteroatoms. The van der Waals surface area contributed by atoms with Crippen LogP contribution in [0.2, 0.25) is 0 Å². The number of halogens is 1. The van der Waals surface area contributed by atoms with E-state index in [9.17, 15) is 9.59 Å². The van der Waals surface area contributed by atoms with E-state index in [1.54, 1.807) is 14.0 Å². The van der Waals surface area contributed by atoms with Crippen molar-refractivity contribution in [2.24, 2.45) is 0 Å². The number of ether oxygens (including phenoxy) is 1. The molecule has 1 aliphatic heterocycles. The van der Waals surface area contributed by atoms with Crippen LogP contribution in [0.1, 0.15) is 6.92 Å². The molecule has 0 aliphatic carbocycles. The number of aromatic nitrogens is 2. The van der Waals surface area contributed by atoms with E-state index in [1.165, 1.54) is 28.7 Å². The fraction of sp³-hybridized carbons (Fsp3) is 0.0909. The van der Waals surface area contributed by atoms with Gasteiger partial charge in [-0.3, -0.25) is 15.0 Å². The second kappa shape index (κ2) is 8.70. The van der Waals surface area contributed by atoms with Crippen molar-refractivity contribution in [1.82, 2.24) is 15.0 Å². The number of fused-ring (bicyclic) bond motifs is 1. The maximum absolute atomic E-state index is 12.4. The van der Waals surface area contributed by atoms with Crippen molar-refractivity contribution >= 4 is 62.9 Å². The number of carbonyl (C=O) groups is 2. The molecule has 0 saturated carbocycles. The Kier molecular flexibility index (Phi) is 5.96. The zero-order valence-corrected chi connectivity index (χ0v) is 19.4. The van der Waals surface area contributed by atoms with Gasteiger partial charge in [-0.1, -0.05) is 6.07 Å². The molecular formula is C22H17ClN4O3S2. The number of hydrogen-bond acceptors (Lipinski definition) is 8. The fourth-order valence-corrected chi connectivity index (χ4v) is 4.91. The third-order valence-corrected chi connectivity index (χ3v) is 6.77. The summed E-state index contributed by atoms with van der Waals surface area (Å²) < 4.78 is 5.24. The lowest BCUT2D eigenvalue weighted by Gasteiger charge is -2.17. The topological polar surface area (TPSA) is 84.4 Å². The van der Waals surface area contributed by atoms with Crippen LogP contribution >= 0.6 is 35.1 Å². The Balaban J connectivity index is 0.00000245. The second-order valence-corrected chi connectivity index (χ2v) is 8.83. The number of carbonyl (C=O) groups excluding carboxylic acids is 2. The van der Waals surface area contributed by atoms with Gasteiger partial charge in [0.05, 0.1) is 17.4 Å². The van der Waals surface area contributed by atoms with E-state index in [4.69, 9.17) is 9.72 Å². The predicted octanol–water partition coefficient (Wildman–Crippen LogP) is 5.16. The number of amides is 2. The molecule has 7 nitrogen and oxygen atoms in total. The van der Waals surface area contributed by atoms with Crippen molar-refractivity contribution in [1.29, 1.82) is 0 Å². The first kappa shape index (κ1) is 21.9. The van der Waals surface area contributed by atoms with Gasteiger partial charge in [-0.2, -0.15) is 5.01 Å². The molecule has 1 N–H and O–H groups in total. The summed E-state index contributed by atoms with van der Waals surface area (Å²) in [5.41, 5.74) is 4.31. The van der Waals surface area contributed by atoms with Gasteiger partial charge in [-0.25, -0.2) is 9.97 Å². The highest BCUT2D eigenvalue weighted by Crippen LogP contribution is 2.38. The molecule has 0 bridgehead atoms. The van der Waals surface area contributed by atoms with Crippen LogP contribution in [0.3, 0.4) is 0 Å². The lowest BCUT2D eigenvalue weighted by Crippen LogP contribution is -2.36. The summed E-state index contributed by atoms with van der Waals surface area (Å²) in [6, 6.07) is 13.6. The van der Waals surface area contributed by atoms with Gasteiger partial charge in [0.25, 0.3) is 11.8 Å². The molecule has 3 aromatic heterocycles. The molecule has 0 fully saturated rings. The van der Waals surface area contributed by atoms with Crippen LogP contribution in [0.4, 0.5) is 5.82 Å². The van der Waals surface area contributed by atoms with Crippen LogP contribution in [0.15, 0.2) is 59.5 Å². The highest BCUT2D eigenvalue weighted by molar-refractivity contribution is 7.22. The number of thiophene rings is 2. The molecule has 4 heterocycles. The Labute approximate surface area is 197 Å². The molecule has 162 valence electrons. The first-order chi connectivity index (χ1) is 15.0. The Morgan fingerprint density at radius 2 is 1.84 bits per heavy atom. The van der Waals surface area contributed by atoms with Gasteiger partial charge >= 0.3 is 0 Å². The summed E-state index contributed by atoms with van der Waals surface area (Å²) in [7, 11) is 1.63. The molecule has 0 atom stereocenters. The Morgan fingerprint density at radius 1 is 1.06 bits per heavy atom. The number of hydrogen-bond donors (Lipinski definition) is 1. The molecule has 2 amide bonds. The van der Waals surface area contributed by atoms with E-state index in [2.05, 4.69) is 10.4 Å². The normalized spacial score (nSPS) is 13.3. The molecule has 0 unspecified atom stereocenters. The molecule has 1 aromatic carbocycles. The minimum atomic E-state index is -0.419. The minimum absolute atomic E-state index is 0. The van der Waals surface area contributed by atoms with E-state index in [0.717, 1.165) is 36.3 Å². The monoisotopic (exact) mass is 484 g/mol. The standard InChI is InChI=1S/C22H16N4O3S2.ClH/c1-12-10-18(27)26(22(12)28)25-19-15-11-17(13-5-7-14(29-2)8-6-13)31-21(15)24-20(23-19)16-4-3-9-30-16;/h3-11H,1-2H3,(H,23,24,25);1H. The van der Waals surface area contributed by atoms with E-state index in [-0.39, 0.29) is 18.3 Å². The Hall–Kier alpha value is -3.27. The van der Waals surface area contributed by atoms with Gasteiger partial charge in [-0.15, -0.1) is 35.1 Å². The van der Waals surface area contributed by atoms with E-state index >= 15 is 0 Å². The van der Waals surface area contributed by atoms with Gasteiger partial charge < -0.3 is 4.74 Å². The quantitative estimate of drug-likeness (QED) is 0.394. The lowest BCUT2D eigenvalue weighted by molar-refractivity contribution is -0.135. The van der Waals surface area contributed by atoms with Crippen LogP contribution in [-0.4, -0.2) is 33.9 Å². The molecule has 5 rings (SSSR count). The summed E-state index contributed by atoms with van der Waals surface area (Å²) in [6.07, 6.45) is 1.31. The minimum Gasteiger partial charge on any atom is -0.497 e. The van der Waals surface area contributed by atoms with Crippen LogP contribution in [0, 0.1) is 0 Å². The number of imide groups is 1. The number of methoxy groups -OCH3 is 1. The summed E-state index contributed by atoms with van der Waals surface area (Å²) in [4.78, 5) is 36.7. The van der Waals surface area contributed by atoms with Gasteiger partial charge in [0, 0.05) is 16.5 Å². The van der Waals surface area contributed by atoms with Crippen LogP contribution in [-0.2, 0) is 9.59 Å². The molecule has 0 saturated heterocycles. The number of nitrogens with zero attached hydrogens (tertiary/aromatic N) is 3. The van der Waals surface area contributed by atoms with Crippen molar-refractivity contribution in [3.8, 4) is 26.9 Å². The average Bonchev–Trinajstić information content (AvgIpc) is 3.50. The number of benzene rings is 1. The number of rotatable bonds is 5. The largest absolute Gasteiger partial charge is 0.497 e. The van der Waals surface area contributed by atoms with Gasteiger partial charge in [-0.05, 0) is 54.3 Å². The van der Waals surface area contributed by atoms with Crippen molar-refractivity contribution in [3.05, 3.63) is 59.5 Å².